The number of carboxylic acids is 1. The van der Waals surface area contributed by atoms with E-state index in [1.165, 1.54) is 12.1 Å². The van der Waals surface area contributed by atoms with Gasteiger partial charge in [0.15, 0.2) is 0 Å². The lowest BCUT2D eigenvalue weighted by Crippen LogP contribution is -2.30. The van der Waals surface area contributed by atoms with Gasteiger partial charge >= 0.3 is 5.97 Å². The molecule has 1 N–H and O–H groups in total. The SMILES string of the molecule is O=C(O)C1CC(F)CCC1c1ccc(F)cc1. The number of benzene rings is 1. The average molecular weight is 240 g/mol. The Morgan fingerprint density at radius 3 is 2.47 bits per heavy atom. The molecule has 1 fully saturated rings. The summed E-state index contributed by atoms with van der Waals surface area (Å²) in [5, 5.41) is 9.10. The number of carboxylic acid groups (broad SMARTS) is 1. The van der Waals surface area contributed by atoms with Crippen LogP contribution in [0.25, 0.3) is 0 Å². The molecule has 1 aromatic carbocycles. The molecule has 0 heterocycles. The Morgan fingerprint density at radius 1 is 1.24 bits per heavy atom. The lowest BCUT2D eigenvalue weighted by atomic mass is 9.75. The van der Waals surface area contributed by atoms with Gasteiger partial charge in [-0.05, 0) is 42.9 Å². The molecule has 1 aliphatic rings. The molecule has 1 aromatic rings. The fraction of sp³-hybridized carbons (Fsp3) is 0.462. The Labute approximate surface area is 98.3 Å². The van der Waals surface area contributed by atoms with Crippen molar-refractivity contribution < 1.29 is 18.7 Å². The lowest BCUT2D eigenvalue weighted by Gasteiger charge is -2.30. The minimum Gasteiger partial charge on any atom is -0.481 e. The van der Waals surface area contributed by atoms with E-state index in [0.29, 0.717) is 12.8 Å². The summed E-state index contributed by atoms with van der Waals surface area (Å²) < 4.78 is 26.0. The maximum absolute atomic E-state index is 13.2. The summed E-state index contributed by atoms with van der Waals surface area (Å²) in [4.78, 5) is 11.1. The highest BCUT2D eigenvalue weighted by molar-refractivity contribution is 5.71. The molecule has 2 rings (SSSR count). The summed E-state index contributed by atoms with van der Waals surface area (Å²) in [6.07, 6.45) is -0.0970. The highest BCUT2D eigenvalue weighted by Crippen LogP contribution is 2.39. The maximum atomic E-state index is 13.2. The Kier molecular flexibility index (Phi) is 3.41. The van der Waals surface area contributed by atoms with Crippen LogP contribution in [0.2, 0.25) is 0 Å². The van der Waals surface area contributed by atoms with Crippen molar-refractivity contribution in [2.75, 3.05) is 0 Å². The largest absolute Gasteiger partial charge is 0.481 e. The number of aliphatic carboxylic acids is 1. The van der Waals surface area contributed by atoms with Crippen LogP contribution in [0.1, 0.15) is 30.7 Å². The smallest absolute Gasteiger partial charge is 0.307 e. The first-order valence-electron chi connectivity index (χ1n) is 5.70. The Bertz CT molecular complexity index is 402. The fourth-order valence-corrected chi connectivity index (χ4v) is 2.50. The quantitative estimate of drug-likeness (QED) is 0.862. The number of rotatable bonds is 2. The van der Waals surface area contributed by atoms with Crippen molar-refractivity contribution in [3.05, 3.63) is 35.6 Å². The van der Waals surface area contributed by atoms with E-state index in [4.69, 9.17) is 5.11 Å². The maximum Gasteiger partial charge on any atom is 0.307 e. The summed E-state index contributed by atoms with van der Waals surface area (Å²) in [6.45, 7) is 0. The molecule has 3 unspecified atom stereocenters. The third-order valence-electron chi connectivity index (χ3n) is 3.40. The average Bonchev–Trinajstić information content (AvgIpc) is 2.30. The molecule has 3 atom stereocenters. The van der Waals surface area contributed by atoms with E-state index in [0.717, 1.165) is 5.56 Å². The van der Waals surface area contributed by atoms with E-state index >= 15 is 0 Å². The van der Waals surface area contributed by atoms with Crippen LogP contribution in [0.5, 0.6) is 0 Å². The lowest BCUT2D eigenvalue weighted by molar-refractivity contribution is -0.144. The zero-order chi connectivity index (χ0) is 12.4. The summed E-state index contributed by atoms with van der Waals surface area (Å²) in [5.41, 5.74) is 0.783. The van der Waals surface area contributed by atoms with Crippen LogP contribution in [-0.2, 0) is 4.79 Å². The van der Waals surface area contributed by atoms with E-state index < -0.39 is 18.1 Å². The Hall–Kier alpha value is -1.45. The Morgan fingerprint density at radius 2 is 1.88 bits per heavy atom. The van der Waals surface area contributed by atoms with Gasteiger partial charge in [0, 0.05) is 0 Å². The van der Waals surface area contributed by atoms with Gasteiger partial charge in [-0.1, -0.05) is 12.1 Å². The van der Waals surface area contributed by atoms with Crippen molar-refractivity contribution in [1.29, 1.82) is 0 Å². The standard InChI is InChI=1S/C13H14F2O2/c14-9-3-1-8(2-4-9)11-6-5-10(15)7-12(11)13(16)17/h1-4,10-12H,5-7H2,(H,16,17). The molecular weight excluding hydrogens is 226 g/mol. The van der Waals surface area contributed by atoms with Crippen molar-refractivity contribution in [3.8, 4) is 0 Å². The number of alkyl halides is 1. The summed E-state index contributed by atoms with van der Waals surface area (Å²) in [6, 6.07) is 5.81. The number of hydrogen-bond donors (Lipinski definition) is 1. The van der Waals surface area contributed by atoms with E-state index in [1.807, 2.05) is 0 Å². The third kappa shape index (κ3) is 2.62. The zero-order valence-electron chi connectivity index (χ0n) is 9.27. The summed E-state index contributed by atoms with van der Waals surface area (Å²) >= 11 is 0. The molecule has 0 radical (unpaired) electrons. The molecule has 0 aromatic heterocycles. The van der Waals surface area contributed by atoms with Gasteiger partial charge in [0.25, 0.3) is 0 Å². The van der Waals surface area contributed by atoms with Crippen molar-refractivity contribution >= 4 is 5.97 Å². The second-order valence-electron chi connectivity index (χ2n) is 4.51. The summed E-state index contributed by atoms with van der Waals surface area (Å²) in [5.74, 6) is -2.23. The van der Waals surface area contributed by atoms with Crippen molar-refractivity contribution in [2.24, 2.45) is 5.92 Å². The predicted octanol–water partition coefficient (Wildman–Crippen LogP) is 3.13. The van der Waals surface area contributed by atoms with Crippen LogP contribution >= 0.6 is 0 Å². The molecular formula is C13H14F2O2. The van der Waals surface area contributed by atoms with Crippen LogP contribution in [0.4, 0.5) is 8.78 Å². The molecule has 92 valence electrons. The molecule has 0 aliphatic heterocycles. The molecule has 1 saturated carbocycles. The van der Waals surface area contributed by atoms with E-state index in [-0.39, 0.29) is 18.2 Å². The van der Waals surface area contributed by atoms with Crippen LogP contribution in [0, 0.1) is 11.7 Å². The number of hydrogen-bond acceptors (Lipinski definition) is 1. The fourth-order valence-electron chi connectivity index (χ4n) is 2.50. The van der Waals surface area contributed by atoms with Crippen LogP contribution in [0.3, 0.4) is 0 Å². The highest BCUT2D eigenvalue weighted by Gasteiger charge is 2.36. The van der Waals surface area contributed by atoms with E-state index in [1.54, 1.807) is 12.1 Å². The van der Waals surface area contributed by atoms with E-state index in [2.05, 4.69) is 0 Å². The molecule has 2 nitrogen and oxygen atoms in total. The second-order valence-corrected chi connectivity index (χ2v) is 4.51. The van der Waals surface area contributed by atoms with Crippen molar-refractivity contribution in [2.45, 2.75) is 31.4 Å². The molecule has 0 saturated heterocycles. The monoisotopic (exact) mass is 240 g/mol. The molecule has 0 amide bonds. The first kappa shape index (κ1) is 12.0. The minimum atomic E-state index is -1.03. The van der Waals surface area contributed by atoms with Crippen LogP contribution in [-0.4, -0.2) is 17.2 Å². The Balaban J connectivity index is 2.23. The van der Waals surface area contributed by atoms with Gasteiger partial charge in [0.2, 0.25) is 0 Å². The number of carbonyl (C=O) groups is 1. The van der Waals surface area contributed by atoms with Crippen molar-refractivity contribution in [3.63, 3.8) is 0 Å². The molecule has 1 aliphatic carbocycles. The minimum absolute atomic E-state index is 0.0530. The first-order chi connectivity index (χ1) is 8.08. The normalized spacial score (nSPS) is 28.9. The predicted molar refractivity (Wildman–Crippen MR) is 59.0 cm³/mol. The van der Waals surface area contributed by atoms with Gasteiger partial charge < -0.3 is 5.11 Å². The third-order valence-corrected chi connectivity index (χ3v) is 3.40. The molecule has 0 bridgehead atoms. The first-order valence-corrected chi connectivity index (χ1v) is 5.70. The highest BCUT2D eigenvalue weighted by atomic mass is 19.1. The van der Waals surface area contributed by atoms with Crippen LogP contribution in [0.15, 0.2) is 24.3 Å². The molecule has 17 heavy (non-hydrogen) atoms. The molecule has 0 spiro atoms. The molecule has 4 heteroatoms. The van der Waals surface area contributed by atoms with Gasteiger partial charge in [-0.25, -0.2) is 8.78 Å². The number of halogens is 2. The van der Waals surface area contributed by atoms with Gasteiger partial charge in [-0.3, -0.25) is 4.79 Å². The van der Waals surface area contributed by atoms with Gasteiger partial charge in [-0.15, -0.1) is 0 Å². The van der Waals surface area contributed by atoms with Gasteiger partial charge in [0.1, 0.15) is 12.0 Å². The topological polar surface area (TPSA) is 37.3 Å². The van der Waals surface area contributed by atoms with Gasteiger partial charge in [0.05, 0.1) is 5.92 Å². The summed E-state index contributed by atoms with van der Waals surface area (Å²) in [7, 11) is 0. The van der Waals surface area contributed by atoms with Crippen molar-refractivity contribution in [1.82, 2.24) is 0 Å². The zero-order valence-corrected chi connectivity index (χ0v) is 9.27. The van der Waals surface area contributed by atoms with Crippen LogP contribution < -0.4 is 0 Å². The second kappa shape index (κ2) is 4.82. The van der Waals surface area contributed by atoms with E-state index in [9.17, 15) is 13.6 Å². The van der Waals surface area contributed by atoms with Gasteiger partial charge in [-0.2, -0.15) is 0 Å².